The minimum Gasteiger partial charge on any atom is -0.454 e. The van der Waals surface area contributed by atoms with Crippen LogP contribution in [0.25, 0.3) is 0 Å². The molecule has 1 saturated heterocycles. The van der Waals surface area contributed by atoms with Gasteiger partial charge in [-0.3, -0.25) is 9.88 Å². The fourth-order valence-corrected chi connectivity index (χ4v) is 4.00. The van der Waals surface area contributed by atoms with Crippen molar-refractivity contribution >= 4 is 0 Å². The first-order chi connectivity index (χ1) is 11.7. The van der Waals surface area contributed by atoms with Crippen LogP contribution in [0.15, 0.2) is 42.7 Å². The number of fused-ring (bicyclic) bond motifs is 1. The summed E-state index contributed by atoms with van der Waals surface area (Å²) in [6.07, 6.45) is 7.37. The standard InChI is InChI=1S/C20H24N2O2/c1-20(12-17-3-4-18-19(11-17)24-15-23-18)7-2-10-22(14-20)13-16-5-8-21-9-6-16/h3-6,8-9,11H,2,7,10,12-15H2,1H3/t20-/m1/s1. The molecule has 4 heteroatoms. The number of pyridine rings is 1. The minimum atomic E-state index is 0.305. The van der Waals surface area contributed by atoms with E-state index >= 15 is 0 Å². The lowest BCUT2D eigenvalue weighted by Gasteiger charge is -2.41. The summed E-state index contributed by atoms with van der Waals surface area (Å²) in [5.74, 6) is 1.76. The van der Waals surface area contributed by atoms with Crippen LogP contribution in [-0.2, 0) is 13.0 Å². The molecule has 1 aromatic heterocycles. The number of nitrogens with zero attached hydrogens (tertiary/aromatic N) is 2. The Morgan fingerprint density at radius 3 is 2.79 bits per heavy atom. The van der Waals surface area contributed by atoms with Crippen LogP contribution >= 0.6 is 0 Å². The molecule has 2 aliphatic heterocycles. The molecule has 0 saturated carbocycles. The van der Waals surface area contributed by atoms with E-state index in [2.05, 4.69) is 41.1 Å². The highest BCUT2D eigenvalue weighted by molar-refractivity contribution is 5.44. The predicted molar refractivity (Wildman–Crippen MR) is 93.1 cm³/mol. The van der Waals surface area contributed by atoms with E-state index in [4.69, 9.17) is 9.47 Å². The third kappa shape index (κ3) is 3.39. The van der Waals surface area contributed by atoms with E-state index in [-0.39, 0.29) is 0 Å². The molecule has 0 unspecified atom stereocenters. The van der Waals surface area contributed by atoms with Crippen molar-refractivity contribution in [3.8, 4) is 11.5 Å². The van der Waals surface area contributed by atoms with Gasteiger partial charge in [-0.25, -0.2) is 0 Å². The van der Waals surface area contributed by atoms with Gasteiger partial charge in [-0.05, 0) is 66.6 Å². The van der Waals surface area contributed by atoms with Crippen LogP contribution in [0.5, 0.6) is 11.5 Å². The lowest BCUT2D eigenvalue weighted by atomic mass is 9.77. The van der Waals surface area contributed by atoms with Crippen molar-refractivity contribution in [1.82, 2.24) is 9.88 Å². The molecule has 4 nitrogen and oxygen atoms in total. The van der Waals surface area contributed by atoms with Gasteiger partial charge in [-0.1, -0.05) is 13.0 Å². The predicted octanol–water partition coefficient (Wildman–Crippen LogP) is 3.66. The summed E-state index contributed by atoms with van der Waals surface area (Å²) in [6, 6.07) is 10.6. The first kappa shape index (κ1) is 15.5. The smallest absolute Gasteiger partial charge is 0.231 e. The monoisotopic (exact) mass is 324 g/mol. The maximum Gasteiger partial charge on any atom is 0.231 e. The SMILES string of the molecule is C[C@]1(Cc2ccc3c(c2)OCO3)CCCN(Cc2ccncc2)C1. The maximum absolute atomic E-state index is 5.52. The molecule has 4 rings (SSSR count). The zero-order valence-corrected chi connectivity index (χ0v) is 14.2. The number of likely N-dealkylation sites (tertiary alicyclic amines) is 1. The Bertz CT molecular complexity index is 704. The summed E-state index contributed by atoms with van der Waals surface area (Å²) in [5, 5.41) is 0. The number of ether oxygens (including phenoxy) is 2. The van der Waals surface area contributed by atoms with Crippen molar-refractivity contribution in [3.63, 3.8) is 0 Å². The zero-order valence-electron chi connectivity index (χ0n) is 14.2. The van der Waals surface area contributed by atoms with Crippen LogP contribution in [0.4, 0.5) is 0 Å². The number of aromatic nitrogens is 1. The second-order valence-corrected chi connectivity index (χ2v) is 7.34. The Morgan fingerprint density at radius 2 is 1.92 bits per heavy atom. The van der Waals surface area contributed by atoms with Crippen LogP contribution < -0.4 is 9.47 Å². The van der Waals surface area contributed by atoms with Gasteiger partial charge in [0.25, 0.3) is 0 Å². The molecular formula is C20H24N2O2. The fraction of sp³-hybridized carbons (Fsp3) is 0.450. The number of hydrogen-bond acceptors (Lipinski definition) is 4. The van der Waals surface area contributed by atoms with Gasteiger partial charge in [0.1, 0.15) is 0 Å². The molecule has 0 N–H and O–H groups in total. The van der Waals surface area contributed by atoms with Crippen LogP contribution in [0.1, 0.15) is 30.9 Å². The molecular weight excluding hydrogens is 300 g/mol. The number of piperidine rings is 1. The molecule has 1 atom stereocenters. The van der Waals surface area contributed by atoms with Crippen molar-refractivity contribution in [2.75, 3.05) is 19.9 Å². The summed E-state index contributed by atoms with van der Waals surface area (Å²) >= 11 is 0. The first-order valence-electron chi connectivity index (χ1n) is 8.70. The van der Waals surface area contributed by atoms with E-state index in [1.807, 2.05) is 18.5 Å². The van der Waals surface area contributed by atoms with Crippen molar-refractivity contribution in [3.05, 3.63) is 53.9 Å². The fourth-order valence-electron chi connectivity index (χ4n) is 4.00. The van der Waals surface area contributed by atoms with Crippen molar-refractivity contribution in [2.24, 2.45) is 5.41 Å². The van der Waals surface area contributed by atoms with E-state index in [0.29, 0.717) is 12.2 Å². The first-order valence-corrected chi connectivity index (χ1v) is 8.70. The Hall–Kier alpha value is -2.07. The third-order valence-electron chi connectivity index (χ3n) is 5.08. The van der Waals surface area contributed by atoms with Gasteiger partial charge in [0, 0.05) is 25.5 Å². The highest BCUT2D eigenvalue weighted by Crippen LogP contribution is 2.37. The van der Waals surface area contributed by atoms with Gasteiger partial charge in [0.05, 0.1) is 0 Å². The van der Waals surface area contributed by atoms with E-state index in [1.54, 1.807) is 0 Å². The Labute approximate surface area is 143 Å². The van der Waals surface area contributed by atoms with Gasteiger partial charge in [0.15, 0.2) is 11.5 Å². The molecule has 0 bridgehead atoms. The summed E-state index contributed by atoms with van der Waals surface area (Å²) in [4.78, 5) is 6.69. The molecule has 0 amide bonds. The average molecular weight is 324 g/mol. The van der Waals surface area contributed by atoms with E-state index in [0.717, 1.165) is 31.0 Å². The lowest BCUT2D eigenvalue weighted by molar-refractivity contribution is 0.0969. The zero-order chi connectivity index (χ0) is 16.4. The van der Waals surface area contributed by atoms with Gasteiger partial charge in [-0.2, -0.15) is 0 Å². The average Bonchev–Trinajstić information content (AvgIpc) is 3.03. The van der Waals surface area contributed by atoms with E-state index in [9.17, 15) is 0 Å². The molecule has 2 aliphatic rings. The molecule has 24 heavy (non-hydrogen) atoms. The van der Waals surface area contributed by atoms with Crippen LogP contribution in [0.3, 0.4) is 0 Å². The number of benzene rings is 1. The second-order valence-electron chi connectivity index (χ2n) is 7.34. The lowest BCUT2D eigenvalue weighted by Crippen LogP contribution is -2.42. The van der Waals surface area contributed by atoms with Crippen molar-refractivity contribution in [2.45, 2.75) is 32.7 Å². The molecule has 1 aromatic carbocycles. The normalized spacial score (nSPS) is 23.4. The second kappa shape index (κ2) is 6.44. The number of rotatable bonds is 4. The highest BCUT2D eigenvalue weighted by atomic mass is 16.7. The van der Waals surface area contributed by atoms with Crippen molar-refractivity contribution in [1.29, 1.82) is 0 Å². The van der Waals surface area contributed by atoms with Gasteiger partial charge in [-0.15, -0.1) is 0 Å². The van der Waals surface area contributed by atoms with E-state index < -0.39 is 0 Å². The molecule has 3 heterocycles. The third-order valence-corrected chi connectivity index (χ3v) is 5.08. The van der Waals surface area contributed by atoms with Gasteiger partial charge >= 0.3 is 0 Å². The molecule has 0 aliphatic carbocycles. The van der Waals surface area contributed by atoms with Crippen LogP contribution in [0, 0.1) is 5.41 Å². The van der Waals surface area contributed by atoms with Gasteiger partial charge in [0.2, 0.25) is 6.79 Å². The van der Waals surface area contributed by atoms with E-state index in [1.165, 1.54) is 30.5 Å². The molecule has 126 valence electrons. The Kier molecular flexibility index (Phi) is 4.15. The summed E-state index contributed by atoms with van der Waals surface area (Å²) in [6.45, 7) is 6.08. The largest absolute Gasteiger partial charge is 0.454 e. The summed E-state index contributed by atoms with van der Waals surface area (Å²) in [7, 11) is 0. The molecule has 2 aromatic rings. The number of hydrogen-bond donors (Lipinski definition) is 0. The van der Waals surface area contributed by atoms with Crippen LogP contribution in [-0.4, -0.2) is 29.8 Å². The highest BCUT2D eigenvalue weighted by Gasteiger charge is 2.31. The Morgan fingerprint density at radius 1 is 1.08 bits per heavy atom. The van der Waals surface area contributed by atoms with Crippen molar-refractivity contribution < 1.29 is 9.47 Å². The van der Waals surface area contributed by atoms with Crippen LogP contribution in [0.2, 0.25) is 0 Å². The Balaban J connectivity index is 1.44. The quantitative estimate of drug-likeness (QED) is 0.860. The maximum atomic E-state index is 5.52. The minimum absolute atomic E-state index is 0.305. The molecule has 0 radical (unpaired) electrons. The summed E-state index contributed by atoms with van der Waals surface area (Å²) in [5.41, 5.74) is 2.99. The molecule has 0 spiro atoms. The topological polar surface area (TPSA) is 34.6 Å². The summed E-state index contributed by atoms with van der Waals surface area (Å²) < 4.78 is 10.9. The molecule has 1 fully saturated rings. The van der Waals surface area contributed by atoms with Gasteiger partial charge < -0.3 is 9.47 Å².